The van der Waals surface area contributed by atoms with Gasteiger partial charge >= 0.3 is 0 Å². The van der Waals surface area contributed by atoms with Crippen LogP contribution in [0.4, 0.5) is 0 Å². The Morgan fingerprint density at radius 2 is 1.15 bits per heavy atom. The first-order valence-electron chi connectivity index (χ1n) is 7.01. The van der Waals surface area contributed by atoms with E-state index in [4.69, 9.17) is 0 Å². The highest BCUT2D eigenvalue weighted by Gasteiger charge is 1.90. The Morgan fingerprint density at radius 1 is 0.700 bits per heavy atom. The molecule has 0 nitrogen and oxygen atoms in total. The molecule has 98 valence electrons. The van der Waals surface area contributed by atoms with E-state index in [2.05, 4.69) is 61.8 Å². The van der Waals surface area contributed by atoms with Gasteiger partial charge in [0.25, 0.3) is 0 Å². The lowest BCUT2D eigenvalue weighted by Gasteiger charge is -1.95. The van der Waals surface area contributed by atoms with E-state index in [1.807, 2.05) is 24.3 Å². The minimum atomic E-state index is 1.03. The number of benzene rings is 2. The van der Waals surface area contributed by atoms with Gasteiger partial charge < -0.3 is 0 Å². The largest absolute Gasteiger partial charge is 0.0613 e. The molecular weight excluding hydrogens is 240 g/mol. The third-order valence-corrected chi connectivity index (χ3v) is 3.15. The van der Waals surface area contributed by atoms with Gasteiger partial charge in [0, 0.05) is 11.1 Å². The lowest BCUT2D eigenvalue weighted by atomic mass is 10.1. The Morgan fingerprint density at radius 3 is 1.55 bits per heavy atom. The Bertz CT molecular complexity index is 636. The zero-order valence-electron chi connectivity index (χ0n) is 12.0. The fourth-order valence-corrected chi connectivity index (χ4v) is 1.94. The molecule has 0 N–H and O–H groups in total. The van der Waals surface area contributed by atoms with E-state index in [1.54, 1.807) is 0 Å². The van der Waals surface area contributed by atoms with Crippen LogP contribution in [0.1, 0.15) is 36.1 Å². The molecule has 2 rings (SSSR count). The van der Waals surface area contributed by atoms with E-state index in [1.165, 1.54) is 11.1 Å². The average molecular weight is 258 g/mol. The molecule has 0 heterocycles. The SMILES string of the molecule is CCc1cccc(C#CC#Cc2cccc(CC)c2)c1. The lowest BCUT2D eigenvalue weighted by Crippen LogP contribution is -1.81. The Hall–Kier alpha value is -2.44. The first kappa shape index (κ1) is 14.0. The predicted molar refractivity (Wildman–Crippen MR) is 85.4 cm³/mol. The summed E-state index contributed by atoms with van der Waals surface area (Å²) in [6.45, 7) is 4.29. The van der Waals surface area contributed by atoms with Crippen molar-refractivity contribution in [3.05, 3.63) is 70.8 Å². The molecule has 0 unspecified atom stereocenters. The minimum absolute atomic E-state index is 1.03. The lowest BCUT2D eigenvalue weighted by molar-refractivity contribution is 1.14. The van der Waals surface area contributed by atoms with Gasteiger partial charge in [-0.3, -0.25) is 0 Å². The summed E-state index contributed by atoms with van der Waals surface area (Å²) < 4.78 is 0. The first-order chi connectivity index (χ1) is 9.81. The summed E-state index contributed by atoms with van der Waals surface area (Å²) in [7, 11) is 0. The number of hydrogen-bond acceptors (Lipinski definition) is 0. The van der Waals surface area contributed by atoms with Gasteiger partial charge in [-0.25, -0.2) is 0 Å². The van der Waals surface area contributed by atoms with E-state index in [-0.39, 0.29) is 0 Å². The van der Waals surface area contributed by atoms with Crippen LogP contribution in [-0.4, -0.2) is 0 Å². The van der Waals surface area contributed by atoms with Crippen molar-refractivity contribution in [2.45, 2.75) is 26.7 Å². The fraction of sp³-hybridized carbons (Fsp3) is 0.200. The molecule has 0 amide bonds. The molecule has 2 aromatic carbocycles. The van der Waals surface area contributed by atoms with Crippen LogP contribution in [0.5, 0.6) is 0 Å². The van der Waals surface area contributed by atoms with Crippen LogP contribution in [0.25, 0.3) is 0 Å². The molecule has 0 aliphatic carbocycles. The molecular formula is C20H18. The number of rotatable bonds is 2. The molecule has 0 bridgehead atoms. The zero-order valence-corrected chi connectivity index (χ0v) is 12.0. The molecule has 0 saturated carbocycles. The first-order valence-corrected chi connectivity index (χ1v) is 7.01. The van der Waals surface area contributed by atoms with Gasteiger partial charge in [0.1, 0.15) is 0 Å². The summed E-state index contributed by atoms with van der Waals surface area (Å²) in [4.78, 5) is 0. The van der Waals surface area contributed by atoms with Gasteiger partial charge in [0.05, 0.1) is 0 Å². The second-order valence-corrected chi connectivity index (χ2v) is 4.61. The maximum atomic E-state index is 3.09. The van der Waals surface area contributed by atoms with Gasteiger partial charge in [0.15, 0.2) is 0 Å². The van der Waals surface area contributed by atoms with Gasteiger partial charge in [-0.1, -0.05) is 50.0 Å². The monoisotopic (exact) mass is 258 g/mol. The molecule has 20 heavy (non-hydrogen) atoms. The fourth-order valence-electron chi connectivity index (χ4n) is 1.94. The van der Waals surface area contributed by atoms with Gasteiger partial charge in [-0.2, -0.15) is 0 Å². The van der Waals surface area contributed by atoms with E-state index >= 15 is 0 Å². The summed E-state index contributed by atoms with van der Waals surface area (Å²) in [5, 5.41) is 0. The van der Waals surface area contributed by atoms with E-state index in [9.17, 15) is 0 Å². The molecule has 0 saturated heterocycles. The summed E-state index contributed by atoms with van der Waals surface area (Å²) in [6.07, 6.45) is 2.07. The number of hydrogen-bond donors (Lipinski definition) is 0. The van der Waals surface area contributed by atoms with E-state index in [0.29, 0.717) is 0 Å². The molecule has 2 aromatic rings. The summed E-state index contributed by atoms with van der Waals surface area (Å²) in [6, 6.07) is 16.6. The van der Waals surface area contributed by atoms with E-state index < -0.39 is 0 Å². The Balaban J connectivity index is 2.12. The standard InChI is InChI=1S/C20H18/c1-3-17-11-7-13-19(15-17)9-5-6-10-20-14-8-12-18(4-2)16-20/h7-8,11-16H,3-4H2,1-2H3. The quantitative estimate of drug-likeness (QED) is 0.708. The molecule has 0 aliphatic rings. The second kappa shape index (κ2) is 7.22. The van der Waals surface area contributed by atoms with Crippen molar-refractivity contribution in [3.8, 4) is 23.7 Å². The molecule has 0 heteroatoms. The van der Waals surface area contributed by atoms with Crippen LogP contribution in [0.15, 0.2) is 48.5 Å². The van der Waals surface area contributed by atoms with Crippen LogP contribution in [0.3, 0.4) is 0 Å². The van der Waals surface area contributed by atoms with Crippen molar-refractivity contribution in [3.63, 3.8) is 0 Å². The van der Waals surface area contributed by atoms with Crippen LogP contribution < -0.4 is 0 Å². The zero-order chi connectivity index (χ0) is 14.2. The van der Waals surface area contributed by atoms with Gasteiger partial charge in [-0.05, 0) is 60.1 Å². The molecule has 0 atom stereocenters. The molecule has 0 aliphatic heterocycles. The van der Waals surface area contributed by atoms with Crippen molar-refractivity contribution in [2.24, 2.45) is 0 Å². The maximum absolute atomic E-state index is 3.09. The highest BCUT2D eigenvalue weighted by molar-refractivity contribution is 5.45. The average Bonchev–Trinajstić information content (AvgIpc) is 2.52. The summed E-state index contributed by atoms with van der Waals surface area (Å²) in [5.74, 6) is 12.0. The topological polar surface area (TPSA) is 0 Å². The summed E-state index contributed by atoms with van der Waals surface area (Å²) >= 11 is 0. The predicted octanol–water partition coefficient (Wildman–Crippen LogP) is 4.21. The highest BCUT2D eigenvalue weighted by Crippen LogP contribution is 2.05. The van der Waals surface area contributed by atoms with Gasteiger partial charge in [0.2, 0.25) is 0 Å². The highest BCUT2D eigenvalue weighted by atomic mass is 13.9. The normalized spacial score (nSPS) is 9.10. The third kappa shape index (κ3) is 4.04. The summed E-state index contributed by atoms with van der Waals surface area (Å²) in [5.41, 5.74) is 4.67. The Kier molecular flexibility index (Phi) is 5.05. The molecule has 0 fully saturated rings. The van der Waals surface area contributed by atoms with Crippen LogP contribution in [-0.2, 0) is 12.8 Å². The van der Waals surface area contributed by atoms with Crippen LogP contribution >= 0.6 is 0 Å². The van der Waals surface area contributed by atoms with E-state index in [0.717, 1.165) is 24.0 Å². The van der Waals surface area contributed by atoms with Crippen LogP contribution in [0.2, 0.25) is 0 Å². The second-order valence-electron chi connectivity index (χ2n) is 4.61. The molecule has 0 radical (unpaired) electrons. The van der Waals surface area contributed by atoms with Crippen molar-refractivity contribution in [1.82, 2.24) is 0 Å². The van der Waals surface area contributed by atoms with Crippen molar-refractivity contribution in [1.29, 1.82) is 0 Å². The minimum Gasteiger partial charge on any atom is -0.0613 e. The molecule has 0 aromatic heterocycles. The number of aryl methyl sites for hydroxylation is 2. The van der Waals surface area contributed by atoms with Gasteiger partial charge in [-0.15, -0.1) is 0 Å². The van der Waals surface area contributed by atoms with Crippen molar-refractivity contribution >= 4 is 0 Å². The van der Waals surface area contributed by atoms with Crippen molar-refractivity contribution in [2.75, 3.05) is 0 Å². The molecule has 0 spiro atoms. The third-order valence-electron chi connectivity index (χ3n) is 3.15. The maximum Gasteiger partial charge on any atom is 0.0258 e. The Labute approximate surface area is 121 Å². The van der Waals surface area contributed by atoms with Crippen LogP contribution in [0, 0.1) is 23.7 Å². The smallest absolute Gasteiger partial charge is 0.0258 e. The van der Waals surface area contributed by atoms with Crippen molar-refractivity contribution < 1.29 is 0 Å².